The van der Waals surface area contributed by atoms with E-state index < -0.39 is 10.0 Å². The van der Waals surface area contributed by atoms with Crippen molar-refractivity contribution in [3.05, 3.63) is 29.6 Å². The highest BCUT2D eigenvalue weighted by molar-refractivity contribution is 7.88. The monoisotopic (exact) mass is 398 g/mol. The second kappa shape index (κ2) is 7.33. The van der Waals surface area contributed by atoms with Gasteiger partial charge >= 0.3 is 0 Å². The van der Waals surface area contributed by atoms with E-state index in [-0.39, 0.29) is 30.7 Å². The fourth-order valence-corrected chi connectivity index (χ4v) is 3.67. The van der Waals surface area contributed by atoms with E-state index in [2.05, 4.69) is 15.1 Å². The van der Waals surface area contributed by atoms with E-state index in [9.17, 15) is 8.42 Å². The summed E-state index contributed by atoms with van der Waals surface area (Å²) in [7, 11) is -3.45. The van der Waals surface area contributed by atoms with Gasteiger partial charge in [-0.25, -0.2) is 13.4 Å². The highest BCUT2D eigenvalue weighted by atomic mass is 32.2. The molecule has 150 valence electrons. The van der Waals surface area contributed by atoms with Gasteiger partial charge in [-0.05, 0) is 19.8 Å². The smallest absolute Gasteiger partial charge is 0.255 e. The molecule has 1 fully saturated rings. The molecule has 2 aromatic heterocycles. The van der Waals surface area contributed by atoms with E-state index in [0.29, 0.717) is 30.4 Å². The average Bonchev–Trinajstić information content (AvgIpc) is 3.25. The van der Waals surface area contributed by atoms with Crippen LogP contribution in [0.5, 0.6) is 0 Å². The lowest BCUT2D eigenvalue weighted by atomic mass is 9.94. The van der Waals surface area contributed by atoms with Crippen molar-refractivity contribution in [2.45, 2.75) is 64.7 Å². The van der Waals surface area contributed by atoms with Crippen molar-refractivity contribution >= 4 is 10.0 Å². The number of nitrogens with zero attached hydrogens (tertiary/aromatic N) is 4. The van der Waals surface area contributed by atoms with Crippen molar-refractivity contribution in [3.8, 4) is 0 Å². The maximum absolute atomic E-state index is 12.2. The zero-order chi connectivity index (χ0) is 19.8. The van der Waals surface area contributed by atoms with Gasteiger partial charge in [0.2, 0.25) is 15.9 Å². The van der Waals surface area contributed by atoms with Gasteiger partial charge in [-0.15, -0.1) is 0 Å². The first kappa shape index (κ1) is 20.0. The van der Waals surface area contributed by atoms with E-state index in [0.717, 1.165) is 5.76 Å². The number of sulfonamides is 1. The Kier molecular flexibility index (Phi) is 5.42. The highest BCUT2D eigenvalue weighted by Gasteiger charge is 2.34. The topological polar surface area (TPSA) is 112 Å². The van der Waals surface area contributed by atoms with Crippen LogP contribution >= 0.6 is 0 Å². The van der Waals surface area contributed by atoms with Crippen molar-refractivity contribution in [1.82, 2.24) is 19.4 Å². The molecule has 0 unspecified atom stereocenters. The van der Waals surface area contributed by atoms with Crippen molar-refractivity contribution < 1.29 is 22.1 Å². The van der Waals surface area contributed by atoms with Crippen LogP contribution in [0.15, 0.2) is 15.1 Å². The predicted octanol–water partition coefficient (Wildman–Crippen LogP) is 2.35. The lowest BCUT2D eigenvalue weighted by Crippen LogP contribution is -2.36. The van der Waals surface area contributed by atoms with Gasteiger partial charge < -0.3 is 13.7 Å². The summed E-state index contributed by atoms with van der Waals surface area (Å²) >= 11 is 0. The minimum Gasteiger partial charge on any atom is -0.444 e. The van der Waals surface area contributed by atoms with E-state index in [1.807, 2.05) is 20.8 Å². The zero-order valence-electron chi connectivity index (χ0n) is 16.3. The van der Waals surface area contributed by atoms with Gasteiger partial charge in [0.1, 0.15) is 11.9 Å². The molecule has 0 N–H and O–H groups in total. The van der Waals surface area contributed by atoms with Gasteiger partial charge in [0.25, 0.3) is 5.89 Å². The molecule has 0 spiro atoms. The molecule has 0 saturated carbocycles. The van der Waals surface area contributed by atoms with Crippen LogP contribution in [-0.2, 0) is 26.7 Å². The van der Waals surface area contributed by atoms with E-state index in [4.69, 9.17) is 13.7 Å². The third-order valence-electron chi connectivity index (χ3n) is 4.41. The summed E-state index contributed by atoms with van der Waals surface area (Å²) in [5, 5.41) is 3.77. The summed E-state index contributed by atoms with van der Waals surface area (Å²) in [6, 6.07) is 0. The van der Waals surface area contributed by atoms with E-state index >= 15 is 0 Å². The minimum absolute atomic E-state index is 0.0686. The number of hydrogen-bond donors (Lipinski definition) is 0. The average molecular weight is 398 g/mol. The van der Waals surface area contributed by atoms with Crippen molar-refractivity contribution in [2.75, 3.05) is 12.8 Å². The third kappa shape index (κ3) is 4.94. The van der Waals surface area contributed by atoms with Crippen molar-refractivity contribution in [2.24, 2.45) is 0 Å². The van der Waals surface area contributed by atoms with Crippen LogP contribution in [0, 0.1) is 6.92 Å². The van der Waals surface area contributed by atoms with Crippen LogP contribution in [0.25, 0.3) is 0 Å². The van der Waals surface area contributed by atoms with Crippen LogP contribution in [0.3, 0.4) is 0 Å². The summed E-state index contributed by atoms with van der Waals surface area (Å²) < 4.78 is 42.6. The molecule has 3 heterocycles. The summed E-state index contributed by atoms with van der Waals surface area (Å²) in [5.41, 5.74) is -0.189. The van der Waals surface area contributed by atoms with Gasteiger partial charge in [0, 0.05) is 12.0 Å². The Morgan fingerprint density at radius 3 is 2.59 bits per heavy atom. The molecule has 1 aliphatic rings. The Bertz CT molecular complexity index is 883. The summed E-state index contributed by atoms with van der Waals surface area (Å²) in [6.45, 7) is 8.06. The Labute approximate surface area is 159 Å². The number of hydrogen-bond acceptors (Lipinski definition) is 8. The fourth-order valence-electron chi connectivity index (χ4n) is 2.89. The van der Waals surface area contributed by atoms with Crippen LogP contribution in [0.2, 0.25) is 0 Å². The lowest BCUT2D eigenvalue weighted by molar-refractivity contribution is 0.0166. The molecule has 3 rings (SSSR count). The Morgan fingerprint density at radius 2 is 2.04 bits per heavy atom. The quantitative estimate of drug-likeness (QED) is 0.729. The summed E-state index contributed by atoms with van der Waals surface area (Å²) in [4.78, 5) is 8.42. The number of rotatable bonds is 6. The molecule has 27 heavy (non-hydrogen) atoms. The molecule has 0 radical (unpaired) electrons. The first-order chi connectivity index (χ1) is 12.5. The standard InChI is InChI=1S/C17H26N4O5S/c1-11-19-16(26-20-11)13-7-6-12(24-13)9-21(27(5,22)23)10-15-18-8-14(25-15)17(2,3)4/h8,12-13H,6-7,9-10H2,1-5H3/t12-,13+/m1/s1. The molecule has 9 nitrogen and oxygen atoms in total. The number of ether oxygens (including phenoxy) is 1. The number of oxazole rings is 1. The van der Waals surface area contributed by atoms with Gasteiger partial charge in [-0.2, -0.15) is 9.29 Å². The molecule has 2 atom stereocenters. The van der Waals surface area contributed by atoms with Crippen LogP contribution in [0.1, 0.15) is 63.1 Å². The van der Waals surface area contributed by atoms with E-state index in [1.165, 1.54) is 10.6 Å². The van der Waals surface area contributed by atoms with Gasteiger partial charge in [0.05, 0.1) is 25.1 Å². The molecular weight excluding hydrogens is 372 g/mol. The fraction of sp³-hybridized carbons (Fsp3) is 0.706. The lowest BCUT2D eigenvalue weighted by Gasteiger charge is -2.22. The minimum atomic E-state index is -3.45. The van der Waals surface area contributed by atoms with Crippen LogP contribution in [-0.4, -0.2) is 46.8 Å². The molecule has 0 aromatic carbocycles. The number of aryl methyl sites for hydroxylation is 1. The van der Waals surface area contributed by atoms with Gasteiger partial charge in [-0.3, -0.25) is 0 Å². The summed E-state index contributed by atoms with van der Waals surface area (Å²) in [6.07, 6.45) is 3.68. The molecule has 10 heteroatoms. The van der Waals surface area contributed by atoms with Crippen molar-refractivity contribution in [1.29, 1.82) is 0 Å². The Morgan fingerprint density at radius 1 is 1.30 bits per heavy atom. The second-order valence-electron chi connectivity index (χ2n) is 7.93. The van der Waals surface area contributed by atoms with Crippen molar-refractivity contribution in [3.63, 3.8) is 0 Å². The molecule has 2 aromatic rings. The third-order valence-corrected chi connectivity index (χ3v) is 5.62. The highest BCUT2D eigenvalue weighted by Crippen LogP contribution is 2.32. The number of aromatic nitrogens is 3. The predicted molar refractivity (Wildman–Crippen MR) is 96.3 cm³/mol. The summed E-state index contributed by atoms with van der Waals surface area (Å²) in [5.74, 6) is 2.07. The maximum atomic E-state index is 12.2. The van der Waals surface area contributed by atoms with E-state index in [1.54, 1.807) is 13.1 Å². The largest absolute Gasteiger partial charge is 0.444 e. The Hall–Kier alpha value is -1.78. The molecule has 0 amide bonds. The first-order valence-corrected chi connectivity index (χ1v) is 10.7. The van der Waals surface area contributed by atoms with Crippen LogP contribution < -0.4 is 0 Å². The second-order valence-corrected chi connectivity index (χ2v) is 9.91. The Balaban J connectivity index is 1.67. The molecule has 0 bridgehead atoms. The molecule has 0 aliphatic carbocycles. The van der Waals surface area contributed by atoms with Gasteiger partial charge in [-0.1, -0.05) is 25.9 Å². The molecular formula is C17H26N4O5S. The normalized spacial score (nSPS) is 21.3. The first-order valence-electron chi connectivity index (χ1n) is 8.88. The maximum Gasteiger partial charge on any atom is 0.255 e. The molecule has 1 aliphatic heterocycles. The zero-order valence-corrected chi connectivity index (χ0v) is 17.1. The van der Waals surface area contributed by atoms with Crippen LogP contribution in [0.4, 0.5) is 0 Å². The van der Waals surface area contributed by atoms with Gasteiger partial charge in [0.15, 0.2) is 5.82 Å². The molecule has 1 saturated heterocycles. The SMILES string of the molecule is Cc1noc([C@@H]2CC[C@H](CN(Cc3ncc(C(C)(C)C)o3)S(C)(=O)=O)O2)n1.